The molecule has 2 unspecified atom stereocenters. The molecule has 2 atom stereocenters. The summed E-state index contributed by atoms with van der Waals surface area (Å²) in [6.45, 7) is 4.49. The highest BCUT2D eigenvalue weighted by atomic mass is 35.5. The van der Waals surface area contributed by atoms with Gasteiger partial charge in [-0.3, -0.25) is 14.7 Å². The first-order valence-corrected chi connectivity index (χ1v) is 23.2. The Hall–Kier alpha value is -6.28. The Morgan fingerprint density at radius 1 is 0.838 bits per heavy atom. The maximum Gasteiger partial charge on any atom is 0.508 e. The number of amides is 2. The van der Waals surface area contributed by atoms with E-state index in [0.29, 0.717) is 63.4 Å². The van der Waals surface area contributed by atoms with Crippen molar-refractivity contribution < 1.29 is 62.3 Å². The average Bonchev–Trinajstić information content (AvgIpc) is 4.16. The largest absolute Gasteiger partial charge is 0.508 e. The first kappa shape index (κ1) is 51.1. The quantitative estimate of drug-likeness (QED) is 0.0321. The van der Waals surface area contributed by atoms with Crippen molar-refractivity contribution >= 4 is 35.3 Å². The molecule has 0 radical (unpaired) electrons. The van der Waals surface area contributed by atoms with Crippen molar-refractivity contribution in [1.82, 2.24) is 14.8 Å². The normalized spacial score (nSPS) is 16.4. The summed E-state index contributed by atoms with van der Waals surface area (Å²) in [5.41, 5.74) is 6.41. The standard InChI is InChI=1S/C47H57ClFN5O14/c1-31-11-18-39(49)44(43(31)48)63-23-7-9-33-12-14-34(15-13-33)38-27-37-29-62-30-41(52(37)46(56)64-21-3-5-25-67-53(58)59)42(38)45(55)51(36-16-17-36)28-35-19-20-50-40(32(35)2)10-8-24-66-47(57)65-22-4-6-26-68-54(60)61/h11-15,18-20,36-37,41H,3-10,16-17,21-30H2,1-2H3. The Balaban J connectivity index is 1.16. The highest BCUT2D eigenvalue weighted by Gasteiger charge is 2.48. The van der Waals surface area contributed by atoms with Crippen molar-refractivity contribution in [2.45, 2.75) is 109 Å². The molecule has 3 aromatic rings. The van der Waals surface area contributed by atoms with Gasteiger partial charge in [-0.1, -0.05) is 41.9 Å². The summed E-state index contributed by atoms with van der Waals surface area (Å²) in [7, 11) is 0. The Labute approximate surface area is 397 Å². The van der Waals surface area contributed by atoms with E-state index >= 15 is 4.79 Å². The van der Waals surface area contributed by atoms with Gasteiger partial charge in [0.25, 0.3) is 16.1 Å². The number of benzene rings is 2. The molecule has 2 aromatic carbocycles. The minimum Gasteiger partial charge on any atom is -0.489 e. The number of unbranched alkanes of at least 4 members (excludes halogenated alkanes) is 2. The maximum absolute atomic E-state index is 15.3. The summed E-state index contributed by atoms with van der Waals surface area (Å²) in [5.74, 6) is -0.698. The minimum atomic E-state index is -0.875. The van der Waals surface area contributed by atoms with Crippen LogP contribution in [0.4, 0.5) is 14.0 Å². The van der Waals surface area contributed by atoms with E-state index in [1.54, 1.807) is 24.1 Å². The number of ether oxygens (including phenoxy) is 5. The number of hydrogen-bond acceptors (Lipinski definition) is 15. The Morgan fingerprint density at radius 3 is 2.16 bits per heavy atom. The molecule has 3 aliphatic rings. The van der Waals surface area contributed by atoms with Crippen LogP contribution in [0.3, 0.4) is 0 Å². The molecule has 0 N–H and O–H groups in total. The molecule has 1 aliphatic carbocycles. The number of aromatic nitrogens is 1. The molecular weight excluding hydrogens is 913 g/mol. The molecule has 6 rings (SSSR count). The van der Waals surface area contributed by atoms with E-state index in [9.17, 15) is 34.2 Å². The van der Waals surface area contributed by atoms with Crippen molar-refractivity contribution in [3.63, 3.8) is 0 Å². The summed E-state index contributed by atoms with van der Waals surface area (Å²) in [4.78, 5) is 78.7. The van der Waals surface area contributed by atoms with E-state index in [4.69, 9.17) is 35.3 Å². The lowest BCUT2D eigenvalue weighted by Gasteiger charge is -2.47. The number of fused-ring (bicyclic) bond motifs is 2. The van der Waals surface area contributed by atoms with Gasteiger partial charge in [-0.25, -0.2) is 14.0 Å². The highest BCUT2D eigenvalue weighted by Crippen LogP contribution is 2.41. The lowest BCUT2D eigenvalue weighted by molar-refractivity contribution is -0.757. The molecule has 19 nitrogen and oxygen atoms in total. The topological polar surface area (TPSA) is 221 Å². The third kappa shape index (κ3) is 14.4. The first-order chi connectivity index (χ1) is 32.8. The second kappa shape index (κ2) is 25.2. The van der Waals surface area contributed by atoms with Crippen LogP contribution >= 0.6 is 11.6 Å². The zero-order valence-electron chi connectivity index (χ0n) is 38.2. The lowest BCUT2D eigenvalue weighted by Crippen LogP contribution is -2.60. The number of nitrogens with zero attached hydrogens (tertiary/aromatic N) is 5. The maximum atomic E-state index is 15.3. The summed E-state index contributed by atoms with van der Waals surface area (Å²) >= 11 is 6.29. The van der Waals surface area contributed by atoms with Gasteiger partial charge in [-0.05, 0) is 130 Å². The molecule has 368 valence electrons. The fourth-order valence-corrected chi connectivity index (χ4v) is 8.42. The van der Waals surface area contributed by atoms with Crippen LogP contribution in [0.2, 0.25) is 5.02 Å². The van der Waals surface area contributed by atoms with Gasteiger partial charge < -0.3 is 38.3 Å². The number of rotatable bonds is 26. The van der Waals surface area contributed by atoms with Gasteiger partial charge >= 0.3 is 12.2 Å². The second-order valence-corrected chi connectivity index (χ2v) is 17.1. The lowest BCUT2D eigenvalue weighted by atomic mass is 9.82. The van der Waals surface area contributed by atoms with E-state index in [1.165, 1.54) is 6.07 Å². The smallest absolute Gasteiger partial charge is 0.489 e. The second-order valence-electron chi connectivity index (χ2n) is 16.8. The number of pyridine rings is 1. The predicted molar refractivity (Wildman–Crippen MR) is 242 cm³/mol. The summed E-state index contributed by atoms with van der Waals surface area (Å²) < 4.78 is 42.1. The zero-order valence-corrected chi connectivity index (χ0v) is 39.0. The number of carbonyl (C=O) groups is 3. The van der Waals surface area contributed by atoms with Gasteiger partial charge in [-0.2, -0.15) is 0 Å². The molecular formula is C47H57ClFN5O14. The SMILES string of the molecule is Cc1ccc(F)c(OCCCc2ccc(C3=C(C(=O)N(Cc4ccnc(CCCOC(=O)OCCCCO[N+](=O)[O-])c4C)C4CC4)C4COCC(C3)N4C(=O)OCCCCO[N+](=O)[O-])cc2)c1Cl. The molecule has 2 amide bonds. The number of morpholine rings is 1. The van der Waals surface area contributed by atoms with Crippen molar-refractivity contribution in [3.8, 4) is 5.75 Å². The zero-order chi connectivity index (χ0) is 48.6. The van der Waals surface area contributed by atoms with Gasteiger partial charge in [0.05, 0.1) is 70.0 Å². The van der Waals surface area contributed by atoms with Gasteiger partial charge in [0, 0.05) is 30.1 Å². The van der Waals surface area contributed by atoms with Crippen molar-refractivity contribution in [2.75, 3.05) is 52.9 Å². The number of halogens is 2. The molecule has 0 spiro atoms. The van der Waals surface area contributed by atoms with Crippen LogP contribution in [-0.2, 0) is 52.8 Å². The van der Waals surface area contributed by atoms with Gasteiger partial charge in [0.1, 0.15) is 0 Å². The van der Waals surface area contributed by atoms with Crippen molar-refractivity contribution in [3.05, 3.63) is 119 Å². The highest BCUT2D eigenvalue weighted by molar-refractivity contribution is 6.32. The fourth-order valence-electron chi connectivity index (χ4n) is 8.22. The van der Waals surface area contributed by atoms with E-state index in [0.717, 1.165) is 51.9 Å². The van der Waals surface area contributed by atoms with Crippen LogP contribution in [0.5, 0.6) is 5.75 Å². The van der Waals surface area contributed by atoms with E-state index in [-0.39, 0.29) is 82.1 Å². The first-order valence-electron chi connectivity index (χ1n) is 22.8. The monoisotopic (exact) mass is 969 g/mol. The van der Waals surface area contributed by atoms with Crippen LogP contribution in [0, 0.1) is 39.9 Å². The minimum absolute atomic E-state index is 0.00959. The summed E-state index contributed by atoms with van der Waals surface area (Å²) in [5, 5.41) is 19.3. The molecule has 21 heteroatoms. The number of hydrogen-bond donors (Lipinski definition) is 0. The van der Waals surface area contributed by atoms with Crippen LogP contribution in [0.15, 0.2) is 54.2 Å². The van der Waals surface area contributed by atoms with E-state index < -0.39 is 40.3 Å². The summed E-state index contributed by atoms with van der Waals surface area (Å²) in [6, 6.07) is 11.6. The van der Waals surface area contributed by atoms with Crippen LogP contribution in [0.25, 0.3) is 5.57 Å². The average molecular weight is 970 g/mol. The van der Waals surface area contributed by atoms with Crippen LogP contribution < -0.4 is 4.74 Å². The molecule has 3 heterocycles. The predicted octanol–water partition coefficient (Wildman–Crippen LogP) is 8.12. The third-order valence-corrected chi connectivity index (χ3v) is 12.4. The molecule has 1 saturated heterocycles. The van der Waals surface area contributed by atoms with Crippen LogP contribution in [-0.4, -0.2) is 114 Å². The Kier molecular flexibility index (Phi) is 18.9. The Bertz CT molecular complexity index is 2280. The van der Waals surface area contributed by atoms with Crippen molar-refractivity contribution in [1.29, 1.82) is 0 Å². The molecule has 2 bridgehead atoms. The van der Waals surface area contributed by atoms with Gasteiger partial charge in [0.2, 0.25) is 0 Å². The summed E-state index contributed by atoms with van der Waals surface area (Å²) in [6.07, 6.45) is 5.77. The fraction of sp³-hybridized carbons (Fsp3) is 0.532. The molecule has 1 saturated carbocycles. The van der Waals surface area contributed by atoms with Gasteiger partial charge in [-0.15, -0.1) is 20.2 Å². The number of aryl methyl sites for hydroxylation is 3. The van der Waals surface area contributed by atoms with Crippen molar-refractivity contribution in [2.24, 2.45) is 0 Å². The Morgan fingerprint density at radius 2 is 1.49 bits per heavy atom. The molecule has 68 heavy (non-hydrogen) atoms. The third-order valence-electron chi connectivity index (χ3n) is 12.0. The molecule has 2 fully saturated rings. The molecule has 2 aliphatic heterocycles. The number of carbonyl (C=O) groups excluding carboxylic acids is 3. The van der Waals surface area contributed by atoms with E-state index in [2.05, 4.69) is 14.7 Å². The molecule has 1 aromatic heterocycles. The van der Waals surface area contributed by atoms with Crippen LogP contribution in [0.1, 0.15) is 91.3 Å². The van der Waals surface area contributed by atoms with E-state index in [1.807, 2.05) is 42.2 Å². The van der Waals surface area contributed by atoms with Gasteiger partial charge in [0.15, 0.2) is 11.6 Å².